The second-order valence-corrected chi connectivity index (χ2v) is 7.10. The molecule has 5 nitrogen and oxygen atoms in total. The average Bonchev–Trinajstić information content (AvgIpc) is 2.68. The molecule has 1 aliphatic rings. The second kappa shape index (κ2) is 8.54. The van der Waals surface area contributed by atoms with Crippen LogP contribution in [0.4, 0.5) is 29.1 Å². The smallest absolute Gasteiger partial charge is 0.353 e. The van der Waals surface area contributed by atoms with E-state index in [1.54, 1.807) is 17.9 Å². The van der Waals surface area contributed by atoms with E-state index in [4.69, 9.17) is 11.6 Å². The molecular weight excluding hydrogens is 412 g/mol. The zero-order chi connectivity index (χ0) is 21.2. The number of carbonyl (C=O) groups is 1. The minimum Gasteiger partial charge on any atom is -0.353 e. The number of nitrogens with one attached hydrogen (secondary N) is 1. The first-order chi connectivity index (χ1) is 13.7. The lowest BCUT2D eigenvalue weighted by molar-refractivity contribution is -0.137. The van der Waals surface area contributed by atoms with E-state index < -0.39 is 23.6 Å². The van der Waals surface area contributed by atoms with Gasteiger partial charge >= 0.3 is 6.18 Å². The van der Waals surface area contributed by atoms with E-state index in [1.807, 2.05) is 4.90 Å². The van der Waals surface area contributed by atoms with Crippen molar-refractivity contribution in [2.45, 2.75) is 19.1 Å². The predicted octanol–water partition coefficient (Wildman–Crippen LogP) is 4.04. The molecule has 0 spiro atoms. The van der Waals surface area contributed by atoms with Crippen LogP contribution >= 0.6 is 11.6 Å². The average molecular weight is 431 g/mol. The third-order valence-electron chi connectivity index (χ3n) is 4.82. The van der Waals surface area contributed by atoms with E-state index in [2.05, 4.69) is 10.3 Å². The SMILES string of the molecule is CC(C(=O)Nc1ccccc1F)N1CCN(c2ncc(C(F)(F)F)cc2Cl)CC1. The summed E-state index contributed by atoms with van der Waals surface area (Å²) in [5.74, 6) is -0.571. The zero-order valence-corrected chi connectivity index (χ0v) is 16.3. The second-order valence-electron chi connectivity index (χ2n) is 6.70. The molecule has 1 amide bonds. The van der Waals surface area contributed by atoms with E-state index in [0.29, 0.717) is 26.2 Å². The summed E-state index contributed by atoms with van der Waals surface area (Å²) in [6.45, 7) is 3.55. The molecule has 2 aromatic rings. The molecule has 0 radical (unpaired) electrons. The molecule has 0 aliphatic carbocycles. The van der Waals surface area contributed by atoms with E-state index in [9.17, 15) is 22.4 Å². The van der Waals surface area contributed by atoms with Gasteiger partial charge in [-0.1, -0.05) is 23.7 Å². The highest BCUT2D eigenvalue weighted by Crippen LogP contribution is 2.33. The fourth-order valence-electron chi connectivity index (χ4n) is 3.11. The van der Waals surface area contributed by atoms with Crippen LogP contribution in [-0.2, 0) is 11.0 Å². The van der Waals surface area contributed by atoms with Gasteiger partial charge in [0.15, 0.2) is 0 Å². The number of hydrogen-bond donors (Lipinski definition) is 1. The van der Waals surface area contributed by atoms with Crippen LogP contribution in [0.2, 0.25) is 5.02 Å². The topological polar surface area (TPSA) is 48.5 Å². The first kappa shape index (κ1) is 21.3. The normalized spacial score (nSPS) is 16.6. The molecule has 3 rings (SSSR count). The molecule has 1 aromatic carbocycles. The van der Waals surface area contributed by atoms with Crippen molar-refractivity contribution in [2.75, 3.05) is 36.4 Å². The maximum absolute atomic E-state index is 13.7. The van der Waals surface area contributed by atoms with Crippen LogP contribution in [0.25, 0.3) is 0 Å². The third kappa shape index (κ3) is 4.97. The Morgan fingerprint density at radius 2 is 1.86 bits per heavy atom. The number of piperazine rings is 1. The van der Waals surface area contributed by atoms with Gasteiger partial charge in [0.1, 0.15) is 11.6 Å². The molecule has 156 valence electrons. The van der Waals surface area contributed by atoms with Gasteiger partial charge in [0.05, 0.1) is 22.3 Å². The molecule has 10 heteroatoms. The maximum atomic E-state index is 13.7. The zero-order valence-electron chi connectivity index (χ0n) is 15.5. The molecule has 29 heavy (non-hydrogen) atoms. The van der Waals surface area contributed by atoms with Crippen molar-refractivity contribution in [1.29, 1.82) is 0 Å². The number of para-hydroxylation sites is 1. The van der Waals surface area contributed by atoms with Crippen molar-refractivity contribution in [3.8, 4) is 0 Å². The Balaban J connectivity index is 1.60. The Labute approximate surface area is 170 Å². The van der Waals surface area contributed by atoms with Crippen LogP contribution in [-0.4, -0.2) is 48.0 Å². The Morgan fingerprint density at radius 1 is 1.21 bits per heavy atom. The first-order valence-corrected chi connectivity index (χ1v) is 9.31. The molecule has 2 heterocycles. The summed E-state index contributed by atoms with van der Waals surface area (Å²) in [7, 11) is 0. The number of nitrogens with zero attached hydrogens (tertiary/aromatic N) is 3. The van der Waals surface area contributed by atoms with E-state index in [-0.39, 0.29) is 22.4 Å². The number of amides is 1. The summed E-state index contributed by atoms with van der Waals surface area (Å²) in [5, 5.41) is 2.50. The highest BCUT2D eigenvalue weighted by Gasteiger charge is 2.33. The van der Waals surface area contributed by atoms with E-state index in [1.165, 1.54) is 18.2 Å². The number of alkyl halides is 3. The van der Waals surface area contributed by atoms with Crippen LogP contribution < -0.4 is 10.2 Å². The van der Waals surface area contributed by atoms with Crippen molar-refractivity contribution in [3.63, 3.8) is 0 Å². The summed E-state index contributed by atoms with van der Waals surface area (Å²) in [6.07, 6.45) is -3.74. The van der Waals surface area contributed by atoms with Crippen molar-refractivity contribution >= 4 is 29.0 Å². The number of pyridine rings is 1. The minimum atomic E-state index is -4.51. The van der Waals surface area contributed by atoms with Crippen LogP contribution in [0.1, 0.15) is 12.5 Å². The highest BCUT2D eigenvalue weighted by atomic mass is 35.5. The Morgan fingerprint density at radius 3 is 2.45 bits per heavy atom. The summed E-state index contributed by atoms with van der Waals surface area (Å²) in [6, 6.07) is 6.26. The lowest BCUT2D eigenvalue weighted by atomic mass is 10.2. The van der Waals surface area contributed by atoms with Crippen molar-refractivity contribution in [2.24, 2.45) is 0 Å². The monoisotopic (exact) mass is 430 g/mol. The highest BCUT2D eigenvalue weighted by molar-refractivity contribution is 6.33. The first-order valence-electron chi connectivity index (χ1n) is 8.94. The number of aromatic nitrogens is 1. The number of benzene rings is 1. The Bertz CT molecular complexity index is 885. The van der Waals surface area contributed by atoms with Crippen molar-refractivity contribution in [3.05, 3.63) is 52.9 Å². The quantitative estimate of drug-likeness (QED) is 0.744. The lowest BCUT2D eigenvalue weighted by Gasteiger charge is -2.38. The van der Waals surface area contributed by atoms with Gasteiger partial charge in [-0.15, -0.1) is 0 Å². The molecule has 1 fully saturated rings. The van der Waals surface area contributed by atoms with Gasteiger partial charge in [-0.05, 0) is 25.1 Å². The number of rotatable bonds is 4. The van der Waals surface area contributed by atoms with Gasteiger partial charge in [-0.25, -0.2) is 9.37 Å². The molecular formula is C19H19ClF4N4O. The van der Waals surface area contributed by atoms with Crippen LogP contribution in [0.3, 0.4) is 0 Å². The van der Waals surface area contributed by atoms with E-state index >= 15 is 0 Å². The van der Waals surface area contributed by atoms with E-state index in [0.717, 1.165) is 12.3 Å². The fourth-order valence-corrected chi connectivity index (χ4v) is 3.39. The molecule has 0 bridgehead atoms. The largest absolute Gasteiger partial charge is 0.417 e. The van der Waals surface area contributed by atoms with Crippen molar-refractivity contribution < 1.29 is 22.4 Å². The molecule has 1 N–H and O–H groups in total. The molecule has 1 saturated heterocycles. The Hall–Kier alpha value is -2.39. The van der Waals surface area contributed by atoms with Gasteiger partial charge in [0.25, 0.3) is 0 Å². The number of hydrogen-bond acceptors (Lipinski definition) is 4. The van der Waals surface area contributed by atoms with Crippen LogP contribution in [0, 0.1) is 5.82 Å². The van der Waals surface area contributed by atoms with Gasteiger partial charge in [-0.3, -0.25) is 9.69 Å². The molecule has 1 atom stereocenters. The summed E-state index contributed by atoms with van der Waals surface area (Å²) < 4.78 is 52.0. The minimum absolute atomic E-state index is 0.0707. The number of carbonyl (C=O) groups excluding carboxylic acids is 1. The molecule has 1 aromatic heterocycles. The van der Waals surface area contributed by atoms with Gasteiger partial charge < -0.3 is 10.2 Å². The van der Waals surface area contributed by atoms with Crippen molar-refractivity contribution in [1.82, 2.24) is 9.88 Å². The Kier molecular flexibility index (Phi) is 6.28. The number of anilines is 2. The maximum Gasteiger partial charge on any atom is 0.417 e. The standard InChI is InChI=1S/C19H19ClF4N4O/c1-12(18(29)26-16-5-3-2-4-15(16)21)27-6-8-28(9-7-27)17-14(20)10-13(11-25-17)19(22,23)24/h2-5,10-12H,6-9H2,1H3,(H,26,29). The lowest BCUT2D eigenvalue weighted by Crippen LogP contribution is -2.53. The third-order valence-corrected chi connectivity index (χ3v) is 5.10. The summed E-state index contributed by atoms with van der Waals surface area (Å²) in [4.78, 5) is 20.0. The van der Waals surface area contributed by atoms with Crippen LogP contribution in [0.15, 0.2) is 36.5 Å². The van der Waals surface area contributed by atoms with Crippen LogP contribution in [0.5, 0.6) is 0 Å². The molecule has 1 aliphatic heterocycles. The summed E-state index contributed by atoms with van der Waals surface area (Å²) in [5.41, 5.74) is -0.785. The van der Waals surface area contributed by atoms with Gasteiger partial charge in [0.2, 0.25) is 5.91 Å². The molecule has 1 unspecified atom stereocenters. The fraction of sp³-hybridized carbons (Fsp3) is 0.368. The predicted molar refractivity (Wildman–Crippen MR) is 103 cm³/mol. The number of halogens is 5. The van der Waals surface area contributed by atoms with Gasteiger partial charge in [-0.2, -0.15) is 13.2 Å². The van der Waals surface area contributed by atoms with Gasteiger partial charge in [0, 0.05) is 32.4 Å². The summed E-state index contributed by atoms with van der Waals surface area (Å²) >= 11 is 6.01. The molecule has 0 saturated carbocycles.